The predicted molar refractivity (Wildman–Crippen MR) is 51.4 cm³/mol. The Bertz CT molecular complexity index is 311. The fourth-order valence-electron chi connectivity index (χ4n) is 0.997. The lowest BCUT2D eigenvalue weighted by Crippen LogP contribution is -2.05. The Kier molecular flexibility index (Phi) is 3.45. The molecule has 0 amide bonds. The molecule has 0 aliphatic heterocycles. The number of benzene rings is 1. The van der Waals surface area contributed by atoms with Gasteiger partial charge in [-0.3, -0.25) is 4.79 Å². The quantitative estimate of drug-likeness (QED) is 0.855. The first-order valence-corrected chi connectivity index (χ1v) is 4.54. The third-order valence-electron chi connectivity index (χ3n) is 1.60. The summed E-state index contributed by atoms with van der Waals surface area (Å²) in [6.07, 6.45) is -1.20. The van der Waals surface area contributed by atoms with Crippen molar-refractivity contribution < 1.29 is 15.0 Å². The molecule has 0 fully saturated rings. The van der Waals surface area contributed by atoms with Crippen molar-refractivity contribution in [3.05, 3.63) is 34.3 Å². The van der Waals surface area contributed by atoms with E-state index in [2.05, 4.69) is 15.9 Å². The van der Waals surface area contributed by atoms with Crippen LogP contribution in [0.25, 0.3) is 0 Å². The lowest BCUT2D eigenvalue weighted by atomic mass is 10.1. The average Bonchev–Trinajstić information content (AvgIpc) is 2.03. The van der Waals surface area contributed by atoms with Crippen LogP contribution in [-0.4, -0.2) is 16.2 Å². The summed E-state index contributed by atoms with van der Waals surface area (Å²) < 4.78 is 0.828. The van der Waals surface area contributed by atoms with Crippen LogP contribution in [0.2, 0.25) is 0 Å². The lowest BCUT2D eigenvalue weighted by molar-refractivity contribution is -0.139. The molecule has 1 rings (SSSR count). The van der Waals surface area contributed by atoms with Gasteiger partial charge in [0.25, 0.3) is 0 Å². The van der Waals surface area contributed by atoms with Crippen LogP contribution in [0.1, 0.15) is 18.1 Å². The summed E-state index contributed by atoms with van der Waals surface area (Å²) in [6, 6.07) is 6.97. The molecule has 0 saturated carbocycles. The molecule has 0 aromatic heterocycles. The molecule has 4 heteroatoms. The first-order valence-electron chi connectivity index (χ1n) is 3.75. The monoisotopic (exact) mass is 244 g/mol. The van der Waals surface area contributed by atoms with Crippen LogP contribution >= 0.6 is 15.9 Å². The van der Waals surface area contributed by atoms with Gasteiger partial charge in [-0.15, -0.1) is 0 Å². The number of aliphatic carboxylic acids is 1. The van der Waals surface area contributed by atoms with Gasteiger partial charge in [0.1, 0.15) is 0 Å². The predicted octanol–water partition coefficient (Wildman–Crippen LogP) is 1.96. The molecule has 1 aromatic rings. The van der Waals surface area contributed by atoms with Crippen LogP contribution < -0.4 is 0 Å². The van der Waals surface area contributed by atoms with Crippen LogP contribution in [0.3, 0.4) is 0 Å². The first-order chi connectivity index (χ1) is 6.09. The van der Waals surface area contributed by atoms with E-state index in [1.807, 2.05) is 6.07 Å². The molecule has 13 heavy (non-hydrogen) atoms. The summed E-state index contributed by atoms with van der Waals surface area (Å²) in [5.74, 6) is -1.01. The Balaban J connectivity index is 2.76. The van der Waals surface area contributed by atoms with E-state index in [4.69, 9.17) is 5.11 Å². The highest BCUT2D eigenvalue weighted by Gasteiger charge is 2.11. The highest BCUT2D eigenvalue weighted by Crippen LogP contribution is 2.20. The molecule has 0 heterocycles. The van der Waals surface area contributed by atoms with Crippen LogP contribution in [0.15, 0.2) is 28.7 Å². The maximum atomic E-state index is 10.3. The van der Waals surface area contributed by atoms with Gasteiger partial charge in [0.2, 0.25) is 0 Å². The molecule has 1 atom stereocenters. The van der Waals surface area contributed by atoms with E-state index in [0.29, 0.717) is 5.56 Å². The van der Waals surface area contributed by atoms with Crippen LogP contribution in [-0.2, 0) is 4.79 Å². The van der Waals surface area contributed by atoms with Crippen LogP contribution in [0, 0.1) is 0 Å². The Morgan fingerprint density at radius 3 is 2.77 bits per heavy atom. The molecule has 2 N–H and O–H groups in total. The second-order valence-electron chi connectivity index (χ2n) is 2.67. The maximum absolute atomic E-state index is 10.3. The van der Waals surface area contributed by atoms with Crippen molar-refractivity contribution in [3.8, 4) is 0 Å². The van der Waals surface area contributed by atoms with E-state index < -0.39 is 12.1 Å². The summed E-state index contributed by atoms with van der Waals surface area (Å²) in [5, 5.41) is 17.9. The van der Waals surface area contributed by atoms with Gasteiger partial charge in [-0.1, -0.05) is 28.1 Å². The van der Waals surface area contributed by atoms with Crippen molar-refractivity contribution in [3.63, 3.8) is 0 Å². The molecule has 3 nitrogen and oxygen atoms in total. The molecule has 1 aromatic carbocycles. The molecule has 0 spiro atoms. The van der Waals surface area contributed by atoms with Crippen molar-refractivity contribution in [2.75, 3.05) is 0 Å². The molecule has 0 radical (unpaired) electrons. The minimum absolute atomic E-state index is 0.267. The number of carboxylic acid groups (broad SMARTS) is 1. The number of hydrogen-bond acceptors (Lipinski definition) is 2. The van der Waals surface area contributed by atoms with E-state index in [0.717, 1.165) is 4.47 Å². The van der Waals surface area contributed by atoms with Gasteiger partial charge in [0.15, 0.2) is 0 Å². The van der Waals surface area contributed by atoms with Crippen LogP contribution in [0.5, 0.6) is 0 Å². The van der Waals surface area contributed by atoms with Gasteiger partial charge in [0.05, 0.1) is 12.5 Å². The highest BCUT2D eigenvalue weighted by molar-refractivity contribution is 9.10. The summed E-state index contributed by atoms with van der Waals surface area (Å²) >= 11 is 3.24. The van der Waals surface area contributed by atoms with E-state index in [1.54, 1.807) is 18.2 Å². The summed E-state index contributed by atoms with van der Waals surface area (Å²) in [6.45, 7) is 0. The fraction of sp³-hybridized carbons (Fsp3) is 0.222. The fourth-order valence-corrected chi connectivity index (χ4v) is 1.41. The van der Waals surface area contributed by atoms with E-state index in [-0.39, 0.29) is 6.42 Å². The Hall–Kier alpha value is -0.870. The second kappa shape index (κ2) is 4.39. The smallest absolute Gasteiger partial charge is 0.306 e. The zero-order valence-corrected chi connectivity index (χ0v) is 8.36. The third-order valence-corrected chi connectivity index (χ3v) is 2.09. The molecular formula is C9H9BrO3. The van der Waals surface area contributed by atoms with Gasteiger partial charge >= 0.3 is 5.97 Å². The number of halogens is 1. The molecule has 70 valence electrons. The Labute approximate surface area is 84.1 Å². The minimum Gasteiger partial charge on any atom is -0.481 e. The molecular weight excluding hydrogens is 236 g/mol. The summed E-state index contributed by atoms with van der Waals surface area (Å²) in [5.41, 5.74) is 0.608. The molecule has 0 saturated heterocycles. The second-order valence-corrected chi connectivity index (χ2v) is 3.58. The van der Waals surface area contributed by atoms with Crippen LogP contribution in [0.4, 0.5) is 0 Å². The number of carboxylic acids is 1. The average molecular weight is 245 g/mol. The largest absolute Gasteiger partial charge is 0.481 e. The standard InChI is InChI=1S/C9H9BrO3/c10-7-3-1-2-6(4-7)8(11)5-9(12)13/h1-4,8,11H,5H2,(H,12,13)/t8-/m0/s1. The minimum atomic E-state index is -1.01. The SMILES string of the molecule is O=C(O)C[C@H](O)c1cccc(Br)c1. The van der Waals surface area contributed by atoms with Crippen molar-refractivity contribution in [2.24, 2.45) is 0 Å². The maximum Gasteiger partial charge on any atom is 0.306 e. The molecule has 0 aliphatic rings. The number of aliphatic hydroxyl groups excluding tert-OH is 1. The number of aliphatic hydroxyl groups is 1. The number of rotatable bonds is 3. The number of hydrogen-bond donors (Lipinski definition) is 2. The highest BCUT2D eigenvalue weighted by atomic mass is 79.9. The zero-order valence-electron chi connectivity index (χ0n) is 6.77. The van der Waals surface area contributed by atoms with E-state index in [9.17, 15) is 9.90 Å². The van der Waals surface area contributed by atoms with Crippen molar-refractivity contribution >= 4 is 21.9 Å². The van der Waals surface area contributed by atoms with E-state index >= 15 is 0 Å². The van der Waals surface area contributed by atoms with Gasteiger partial charge < -0.3 is 10.2 Å². The zero-order chi connectivity index (χ0) is 9.84. The van der Waals surface area contributed by atoms with Crippen molar-refractivity contribution in [1.29, 1.82) is 0 Å². The first kappa shape index (κ1) is 10.2. The van der Waals surface area contributed by atoms with Gasteiger partial charge in [-0.05, 0) is 17.7 Å². The molecule has 0 unspecified atom stereocenters. The topological polar surface area (TPSA) is 57.5 Å². The van der Waals surface area contributed by atoms with Crippen molar-refractivity contribution in [2.45, 2.75) is 12.5 Å². The van der Waals surface area contributed by atoms with Gasteiger partial charge in [0, 0.05) is 4.47 Å². The van der Waals surface area contributed by atoms with Gasteiger partial charge in [-0.2, -0.15) is 0 Å². The van der Waals surface area contributed by atoms with Gasteiger partial charge in [-0.25, -0.2) is 0 Å². The molecule has 0 aliphatic carbocycles. The Morgan fingerprint density at radius 2 is 2.23 bits per heavy atom. The third kappa shape index (κ3) is 3.16. The number of carbonyl (C=O) groups is 1. The normalized spacial score (nSPS) is 12.5. The Morgan fingerprint density at radius 1 is 1.54 bits per heavy atom. The van der Waals surface area contributed by atoms with E-state index in [1.165, 1.54) is 0 Å². The van der Waals surface area contributed by atoms with Crippen molar-refractivity contribution in [1.82, 2.24) is 0 Å². The summed E-state index contributed by atoms with van der Waals surface area (Å²) in [7, 11) is 0. The molecule has 0 bridgehead atoms. The summed E-state index contributed by atoms with van der Waals surface area (Å²) in [4.78, 5) is 10.3. The lowest BCUT2D eigenvalue weighted by Gasteiger charge is -2.07.